The molecular formula is C8H7IN2O2. The molecule has 0 atom stereocenters. The van der Waals surface area contributed by atoms with Crippen LogP contribution in [0.2, 0.25) is 0 Å². The van der Waals surface area contributed by atoms with Crippen LogP contribution in [0.15, 0.2) is 12.1 Å². The highest BCUT2D eigenvalue weighted by atomic mass is 127. The Morgan fingerprint density at radius 2 is 2.31 bits per heavy atom. The van der Waals surface area contributed by atoms with Gasteiger partial charge < -0.3 is 5.32 Å². The van der Waals surface area contributed by atoms with Crippen molar-refractivity contribution in [3.8, 4) is 0 Å². The van der Waals surface area contributed by atoms with E-state index in [4.69, 9.17) is 0 Å². The van der Waals surface area contributed by atoms with E-state index in [1.54, 1.807) is 6.07 Å². The standard InChI is InChI=1S/C8H7IN2O2/c1-5(13)10-8-3-6(4-12)2-7(9)11-8/h2-4H,1H3,(H,10,11,13). The molecule has 1 N–H and O–H groups in total. The zero-order valence-electron chi connectivity index (χ0n) is 6.87. The minimum absolute atomic E-state index is 0.202. The second kappa shape index (κ2) is 4.31. The van der Waals surface area contributed by atoms with Crippen molar-refractivity contribution in [1.29, 1.82) is 0 Å². The van der Waals surface area contributed by atoms with Crippen LogP contribution in [0, 0.1) is 3.70 Å². The van der Waals surface area contributed by atoms with Gasteiger partial charge in [0.15, 0.2) is 0 Å². The normalized spacial score (nSPS) is 9.38. The average Bonchev–Trinajstić information content (AvgIpc) is 2.01. The van der Waals surface area contributed by atoms with Gasteiger partial charge in [-0.05, 0) is 34.7 Å². The molecule has 1 rings (SSSR count). The van der Waals surface area contributed by atoms with E-state index in [1.807, 2.05) is 22.6 Å². The maximum absolute atomic E-state index is 10.7. The van der Waals surface area contributed by atoms with Gasteiger partial charge in [0.2, 0.25) is 5.91 Å². The molecule has 0 aromatic carbocycles. The smallest absolute Gasteiger partial charge is 0.222 e. The average molecular weight is 290 g/mol. The van der Waals surface area contributed by atoms with E-state index in [0.717, 1.165) is 6.29 Å². The lowest BCUT2D eigenvalue weighted by Crippen LogP contribution is -2.08. The quantitative estimate of drug-likeness (QED) is 0.509. The molecule has 0 fully saturated rings. The predicted molar refractivity (Wildman–Crippen MR) is 56.6 cm³/mol. The zero-order valence-corrected chi connectivity index (χ0v) is 9.03. The summed E-state index contributed by atoms with van der Waals surface area (Å²) in [5, 5.41) is 2.51. The summed E-state index contributed by atoms with van der Waals surface area (Å²) in [6.07, 6.45) is 0.717. The SMILES string of the molecule is CC(=O)Nc1cc(C=O)cc(I)n1. The summed E-state index contributed by atoms with van der Waals surface area (Å²) < 4.78 is 0.672. The summed E-state index contributed by atoms with van der Waals surface area (Å²) in [6, 6.07) is 3.16. The van der Waals surface area contributed by atoms with Gasteiger partial charge in [-0.1, -0.05) is 0 Å². The second-order valence-electron chi connectivity index (χ2n) is 2.41. The topological polar surface area (TPSA) is 59.1 Å². The number of nitrogens with zero attached hydrogens (tertiary/aromatic N) is 1. The molecule has 1 amide bonds. The van der Waals surface area contributed by atoms with Crippen LogP contribution in [0.4, 0.5) is 5.82 Å². The van der Waals surface area contributed by atoms with Gasteiger partial charge in [-0.2, -0.15) is 0 Å². The zero-order chi connectivity index (χ0) is 9.84. The molecule has 5 heteroatoms. The first kappa shape index (κ1) is 10.1. The third kappa shape index (κ3) is 3.10. The first-order valence-electron chi connectivity index (χ1n) is 3.52. The summed E-state index contributed by atoms with van der Waals surface area (Å²) in [5.41, 5.74) is 0.503. The number of aromatic nitrogens is 1. The highest BCUT2D eigenvalue weighted by Gasteiger charge is 2.01. The van der Waals surface area contributed by atoms with Crippen molar-refractivity contribution in [2.24, 2.45) is 0 Å². The van der Waals surface area contributed by atoms with Gasteiger partial charge in [-0.25, -0.2) is 4.98 Å². The third-order valence-electron chi connectivity index (χ3n) is 1.26. The first-order valence-corrected chi connectivity index (χ1v) is 4.60. The number of hydrogen-bond donors (Lipinski definition) is 1. The van der Waals surface area contributed by atoms with Crippen molar-refractivity contribution in [1.82, 2.24) is 4.98 Å². The number of carbonyl (C=O) groups is 2. The number of hydrogen-bond acceptors (Lipinski definition) is 3. The Balaban J connectivity index is 3.01. The van der Waals surface area contributed by atoms with Crippen LogP contribution in [-0.2, 0) is 4.79 Å². The van der Waals surface area contributed by atoms with Gasteiger partial charge in [-0.15, -0.1) is 0 Å². The summed E-state index contributed by atoms with van der Waals surface area (Å²) in [5.74, 6) is 0.202. The number of halogens is 1. The number of rotatable bonds is 2. The van der Waals surface area contributed by atoms with Crippen molar-refractivity contribution in [2.45, 2.75) is 6.92 Å². The van der Waals surface area contributed by atoms with E-state index < -0.39 is 0 Å². The predicted octanol–water partition coefficient (Wildman–Crippen LogP) is 1.46. The van der Waals surface area contributed by atoms with E-state index in [1.165, 1.54) is 13.0 Å². The number of aldehydes is 1. The van der Waals surface area contributed by atoms with Crippen LogP contribution in [0.25, 0.3) is 0 Å². The molecule has 13 heavy (non-hydrogen) atoms. The van der Waals surface area contributed by atoms with E-state index in [-0.39, 0.29) is 5.91 Å². The molecule has 0 aliphatic carbocycles. The fraction of sp³-hybridized carbons (Fsp3) is 0.125. The summed E-state index contributed by atoms with van der Waals surface area (Å²) in [7, 11) is 0. The molecular weight excluding hydrogens is 283 g/mol. The lowest BCUT2D eigenvalue weighted by molar-refractivity contribution is -0.114. The van der Waals surface area contributed by atoms with Crippen molar-refractivity contribution >= 4 is 40.6 Å². The number of anilines is 1. The van der Waals surface area contributed by atoms with Crippen molar-refractivity contribution in [3.05, 3.63) is 21.4 Å². The van der Waals surface area contributed by atoms with Crippen LogP contribution in [0.5, 0.6) is 0 Å². The molecule has 4 nitrogen and oxygen atoms in total. The van der Waals surface area contributed by atoms with Crippen molar-refractivity contribution < 1.29 is 9.59 Å². The molecule has 1 heterocycles. The molecule has 0 aliphatic rings. The van der Waals surface area contributed by atoms with Crippen LogP contribution in [-0.4, -0.2) is 17.2 Å². The maximum atomic E-state index is 10.7. The fourth-order valence-corrected chi connectivity index (χ4v) is 1.45. The Kier molecular flexibility index (Phi) is 3.35. The largest absolute Gasteiger partial charge is 0.311 e. The molecule has 0 bridgehead atoms. The van der Waals surface area contributed by atoms with Gasteiger partial charge in [0, 0.05) is 12.5 Å². The van der Waals surface area contributed by atoms with Gasteiger partial charge in [0.1, 0.15) is 15.8 Å². The van der Waals surface area contributed by atoms with Gasteiger partial charge in [0.05, 0.1) is 0 Å². The Morgan fingerprint density at radius 3 is 2.85 bits per heavy atom. The minimum atomic E-state index is -0.202. The first-order chi connectivity index (χ1) is 6.11. The lowest BCUT2D eigenvalue weighted by Gasteiger charge is -2.01. The Labute approximate surface area is 88.9 Å². The van der Waals surface area contributed by atoms with Gasteiger partial charge in [0.25, 0.3) is 0 Å². The van der Waals surface area contributed by atoms with Gasteiger partial charge >= 0.3 is 0 Å². The number of pyridine rings is 1. The second-order valence-corrected chi connectivity index (χ2v) is 3.51. The van der Waals surface area contributed by atoms with E-state index >= 15 is 0 Å². The fourth-order valence-electron chi connectivity index (χ4n) is 0.829. The van der Waals surface area contributed by atoms with E-state index in [9.17, 15) is 9.59 Å². The Hall–Kier alpha value is -0.980. The number of carbonyl (C=O) groups excluding carboxylic acids is 2. The Morgan fingerprint density at radius 1 is 1.62 bits per heavy atom. The minimum Gasteiger partial charge on any atom is -0.311 e. The highest BCUT2D eigenvalue weighted by Crippen LogP contribution is 2.10. The molecule has 0 saturated heterocycles. The Bertz CT molecular complexity index is 352. The van der Waals surface area contributed by atoms with Crippen LogP contribution >= 0.6 is 22.6 Å². The molecule has 0 unspecified atom stereocenters. The number of nitrogens with one attached hydrogen (secondary N) is 1. The summed E-state index contributed by atoms with van der Waals surface area (Å²) in [6.45, 7) is 1.39. The maximum Gasteiger partial charge on any atom is 0.222 e. The molecule has 1 aromatic heterocycles. The molecule has 0 aliphatic heterocycles. The molecule has 1 aromatic rings. The van der Waals surface area contributed by atoms with Crippen LogP contribution in [0.3, 0.4) is 0 Å². The number of amides is 1. The van der Waals surface area contributed by atoms with Crippen molar-refractivity contribution in [3.63, 3.8) is 0 Å². The van der Waals surface area contributed by atoms with Crippen LogP contribution in [0.1, 0.15) is 17.3 Å². The monoisotopic (exact) mass is 290 g/mol. The molecule has 0 spiro atoms. The lowest BCUT2D eigenvalue weighted by atomic mass is 10.3. The third-order valence-corrected chi connectivity index (χ3v) is 1.81. The molecule has 68 valence electrons. The van der Waals surface area contributed by atoms with E-state index in [2.05, 4.69) is 10.3 Å². The summed E-state index contributed by atoms with van der Waals surface area (Å²) >= 11 is 1.98. The summed E-state index contributed by atoms with van der Waals surface area (Å²) in [4.78, 5) is 25.2. The van der Waals surface area contributed by atoms with E-state index in [0.29, 0.717) is 15.1 Å². The van der Waals surface area contributed by atoms with Crippen molar-refractivity contribution in [2.75, 3.05) is 5.32 Å². The molecule has 0 saturated carbocycles. The molecule has 0 radical (unpaired) electrons. The highest BCUT2D eigenvalue weighted by molar-refractivity contribution is 14.1. The van der Waals surface area contributed by atoms with Gasteiger partial charge in [-0.3, -0.25) is 9.59 Å². The van der Waals surface area contributed by atoms with Crippen LogP contribution < -0.4 is 5.32 Å².